The average Bonchev–Trinajstić information content (AvgIpc) is 2.71. The summed E-state index contributed by atoms with van der Waals surface area (Å²) >= 11 is 0. The topological polar surface area (TPSA) is 59.2 Å². The van der Waals surface area contributed by atoms with E-state index in [4.69, 9.17) is 4.52 Å². The van der Waals surface area contributed by atoms with Crippen molar-refractivity contribution in [3.63, 3.8) is 0 Å². The second kappa shape index (κ2) is 4.09. The predicted molar refractivity (Wildman–Crippen MR) is 78.8 cm³/mol. The maximum absolute atomic E-state index is 9.50. The second-order valence-electron chi connectivity index (χ2n) is 8.98. The van der Waals surface area contributed by atoms with Crippen LogP contribution >= 0.6 is 0 Å². The molecule has 4 aliphatic rings. The molecule has 4 fully saturated rings. The Kier molecular flexibility index (Phi) is 2.68. The summed E-state index contributed by atoms with van der Waals surface area (Å²) in [4.78, 5) is 4.66. The number of rotatable bonds is 3. The molecule has 4 aliphatic carbocycles. The summed E-state index contributed by atoms with van der Waals surface area (Å²) in [7, 11) is 0. The molecular weight excluding hydrogens is 264 g/mol. The number of nitrogens with zero attached hydrogens (tertiary/aromatic N) is 2. The Labute approximate surface area is 126 Å². The normalized spacial score (nSPS) is 46.0. The first kappa shape index (κ1) is 13.7. The SMILES string of the molecule is CC(O)Cc1nc(C23CC4CC(C)(CC(C)(C4)C2)C3)no1. The molecule has 3 unspecified atom stereocenters. The Morgan fingerprint density at radius 2 is 1.86 bits per heavy atom. The van der Waals surface area contributed by atoms with Gasteiger partial charge in [-0.05, 0) is 62.2 Å². The molecule has 0 aromatic carbocycles. The molecule has 21 heavy (non-hydrogen) atoms. The van der Waals surface area contributed by atoms with E-state index < -0.39 is 6.10 Å². The van der Waals surface area contributed by atoms with Gasteiger partial charge in [-0.1, -0.05) is 19.0 Å². The third-order valence-corrected chi connectivity index (χ3v) is 6.04. The lowest BCUT2D eigenvalue weighted by atomic mass is 9.40. The maximum Gasteiger partial charge on any atom is 0.229 e. The molecule has 0 spiro atoms. The van der Waals surface area contributed by atoms with E-state index in [0.29, 0.717) is 23.1 Å². The third-order valence-electron chi connectivity index (χ3n) is 6.04. The minimum Gasteiger partial charge on any atom is -0.393 e. The molecule has 1 N–H and O–H groups in total. The number of hydrogen-bond donors (Lipinski definition) is 1. The van der Waals surface area contributed by atoms with Gasteiger partial charge in [0.25, 0.3) is 0 Å². The van der Waals surface area contributed by atoms with Crippen molar-refractivity contribution in [2.24, 2.45) is 16.7 Å². The van der Waals surface area contributed by atoms with Crippen LogP contribution in [0, 0.1) is 16.7 Å². The lowest BCUT2D eigenvalue weighted by Crippen LogP contribution is -2.57. The van der Waals surface area contributed by atoms with Gasteiger partial charge in [0.1, 0.15) is 0 Å². The fraction of sp³-hybridized carbons (Fsp3) is 0.882. The van der Waals surface area contributed by atoms with Gasteiger partial charge in [-0.25, -0.2) is 0 Å². The van der Waals surface area contributed by atoms with Gasteiger partial charge in [-0.3, -0.25) is 0 Å². The Balaban J connectivity index is 1.69. The van der Waals surface area contributed by atoms with Gasteiger partial charge in [0.05, 0.1) is 12.5 Å². The van der Waals surface area contributed by atoms with Crippen molar-refractivity contribution < 1.29 is 9.63 Å². The molecule has 0 amide bonds. The quantitative estimate of drug-likeness (QED) is 0.928. The van der Waals surface area contributed by atoms with Crippen molar-refractivity contribution in [3.8, 4) is 0 Å². The first-order chi connectivity index (χ1) is 9.80. The molecule has 0 aliphatic heterocycles. The summed E-state index contributed by atoms with van der Waals surface area (Å²) < 4.78 is 5.41. The fourth-order valence-electron chi connectivity index (χ4n) is 6.50. The van der Waals surface area contributed by atoms with Crippen LogP contribution in [-0.4, -0.2) is 21.4 Å². The van der Waals surface area contributed by atoms with E-state index in [9.17, 15) is 5.11 Å². The van der Waals surface area contributed by atoms with Crippen LogP contribution in [0.25, 0.3) is 0 Å². The molecule has 4 heteroatoms. The minimum atomic E-state index is -0.426. The van der Waals surface area contributed by atoms with Crippen molar-refractivity contribution in [3.05, 3.63) is 11.7 Å². The molecule has 4 saturated carbocycles. The van der Waals surface area contributed by atoms with E-state index >= 15 is 0 Å². The number of aliphatic hydroxyl groups is 1. The molecule has 0 radical (unpaired) electrons. The Morgan fingerprint density at radius 1 is 1.19 bits per heavy atom. The number of aliphatic hydroxyl groups excluding tert-OH is 1. The summed E-state index contributed by atoms with van der Waals surface area (Å²) in [5.74, 6) is 2.33. The molecule has 116 valence electrons. The largest absolute Gasteiger partial charge is 0.393 e. The van der Waals surface area contributed by atoms with Gasteiger partial charge in [0.15, 0.2) is 5.82 Å². The zero-order valence-electron chi connectivity index (χ0n) is 13.4. The van der Waals surface area contributed by atoms with Gasteiger partial charge >= 0.3 is 0 Å². The van der Waals surface area contributed by atoms with Crippen LogP contribution in [0.1, 0.15) is 71.0 Å². The lowest BCUT2D eigenvalue weighted by molar-refractivity contribution is -0.113. The molecule has 3 atom stereocenters. The predicted octanol–water partition coefficient (Wildman–Crippen LogP) is 3.24. The zero-order valence-corrected chi connectivity index (χ0v) is 13.4. The molecule has 4 bridgehead atoms. The van der Waals surface area contributed by atoms with Crippen molar-refractivity contribution >= 4 is 0 Å². The Bertz CT molecular complexity index is 547. The second-order valence-corrected chi connectivity index (χ2v) is 8.98. The van der Waals surface area contributed by atoms with Gasteiger partial charge < -0.3 is 9.63 Å². The summed E-state index contributed by atoms with van der Waals surface area (Å²) in [6, 6.07) is 0. The van der Waals surface area contributed by atoms with E-state index in [-0.39, 0.29) is 5.41 Å². The first-order valence-corrected chi connectivity index (χ1v) is 8.31. The zero-order chi connectivity index (χ0) is 14.9. The highest BCUT2D eigenvalue weighted by atomic mass is 16.5. The molecule has 5 rings (SSSR count). The first-order valence-electron chi connectivity index (χ1n) is 8.31. The lowest BCUT2D eigenvalue weighted by Gasteiger charge is -2.64. The highest BCUT2D eigenvalue weighted by molar-refractivity contribution is 5.21. The van der Waals surface area contributed by atoms with Crippen LogP contribution in [-0.2, 0) is 11.8 Å². The van der Waals surface area contributed by atoms with Crippen LogP contribution in [0.15, 0.2) is 4.52 Å². The summed E-state index contributed by atoms with van der Waals surface area (Å²) in [6.45, 7) is 6.68. The molecular formula is C17H26N2O2. The Hall–Kier alpha value is -0.900. The summed E-state index contributed by atoms with van der Waals surface area (Å²) in [6.07, 6.45) is 7.79. The van der Waals surface area contributed by atoms with Crippen LogP contribution in [0.3, 0.4) is 0 Å². The average molecular weight is 290 g/mol. The Morgan fingerprint density at radius 3 is 2.43 bits per heavy atom. The highest BCUT2D eigenvalue weighted by Gasteiger charge is 2.62. The van der Waals surface area contributed by atoms with Crippen molar-refractivity contribution in [2.45, 2.75) is 77.2 Å². The third kappa shape index (κ3) is 2.14. The molecule has 4 nitrogen and oxygen atoms in total. The highest BCUT2D eigenvalue weighted by Crippen LogP contribution is 2.69. The van der Waals surface area contributed by atoms with Crippen LogP contribution in [0.5, 0.6) is 0 Å². The van der Waals surface area contributed by atoms with Gasteiger partial charge in [-0.15, -0.1) is 0 Å². The van der Waals surface area contributed by atoms with E-state index in [2.05, 4.69) is 24.0 Å². The van der Waals surface area contributed by atoms with E-state index in [1.807, 2.05) is 0 Å². The standard InChI is InChI=1S/C17H26N2O2/c1-11(20)4-13-18-14(19-21-13)17-7-12-5-15(2,9-17)8-16(3,6-12)10-17/h11-12,20H,4-10H2,1-3H3. The van der Waals surface area contributed by atoms with Gasteiger partial charge in [0.2, 0.25) is 5.89 Å². The molecule has 1 aromatic rings. The fourth-order valence-corrected chi connectivity index (χ4v) is 6.50. The van der Waals surface area contributed by atoms with Gasteiger partial charge in [0, 0.05) is 5.41 Å². The van der Waals surface area contributed by atoms with Crippen LogP contribution in [0.4, 0.5) is 0 Å². The van der Waals surface area contributed by atoms with Crippen LogP contribution < -0.4 is 0 Å². The summed E-state index contributed by atoms with van der Waals surface area (Å²) in [5.41, 5.74) is 1.04. The molecule has 1 heterocycles. The van der Waals surface area contributed by atoms with Crippen molar-refractivity contribution in [2.75, 3.05) is 0 Å². The number of aromatic nitrogens is 2. The maximum atomic E-state index is 9.50. The number of hydrogen-bond acceptors (Lipinski definition) is 4. The van der Waals surface area contributed by atoms with Crippen molar-refractivity contribution in [1.82, 2.24) is 10.1 Å². The van der Waals surface area contributed by atoms with Crippen LogP contribution in [0.2, 0.25) is 0 Å². The van der Waals surface area contributed by atoms with E-state index in [1.54, 1.807) is 6.92 Å². The van der Waals surface area contributed by atoms with Crippen molar-refractivity contribution in [1.29, 1.82) is 0 Å². The minimum absolute atomic E-state index is 0.128. The van der Waals surface area contributed by atoms with E-state index in [0.717, 1.165) is 11.7 Å². The molecule has 0 saturated heterocycles. The monoisotopic (exact) mass is 290 g/mol. The molecule has 1 aromatic heterocycles. The summed E-state index contributed by atoms with van der Waals surface area (Å²) in [5, 5.41) is 13.8. The van der Waals surface area contributed by atoms with Gasteiger partial charge in [-0.2, -0.15) is 4.98 Å². The smallest absolute Gasteiger partial charge is 0.229 e. The van der Waals surface area contributed by atoms with E-state index in [1.165, 1.54) is 38.5 Å².